The lowest BCUT2D eigenvalue weighted by Gasteiger charge is -2.32. The summed E-state index contributed by atoms with van der Waals surface area (Å²) in [6.45, 7) is 5.58. The van der Waals surface area contributed by atoms with Gasteiger partial charge >= 0.3 is 0 Å². The van der Waals surface area contributed by atoms with Crippen molar-refractivity contribution in [3.63, 3.8) is 0 Å². The van der Waals surface area contributed by atoms with Gasteiger partial charge < -0.3 is 4.90 Å². The van der Waals surface area contributed by atoms with Gasteiger partial charge in [0, 0.05) is 35.6 Å². The van der Waals surface area contributed by atoms with Crippen molar-refractivity contribution in [2.75, 3.05) is 18.0 Å². The summed E-state index contributed by atoms with van der Waals surface area (Å²) in [5, 5.41) is 14.2. The number of nitro groups is 1. The molecule has 3 heterocycles. The van der Waals surface area contributed by atoms with Crippen molar-refractivity contribution >= 4 is 22.8 Å². The summed E-state index contributed by atoms with van der Waals surface area (Å²) in [6.07, 6.45) is 3.58. The van der Waals surface area contributed by atoms with E-state index in [2.05, 4.69) is 20.2 Å². The second kappa shape index (κ2) is 6.00. The largest absolute Gasteiger partial charge is 0.356 e. The molecule has 0 N–H and O–H groups in total. The maximum absolute atomic E-state index is 10.9. The average Bonchev–Trinajstić information content (AvgIpc) is 2.93. The average molecular weight is 318 g/mol. The lowest BCUT2D eigenvalue weighted by molar-refractivity contribution is -0.385. The second-order valence-corrected chi connectivity index (χ2v) is 6.59. The van der Waals surface area contributed by atoms with Gasteiger partial charge in [0.15, 0.2) is 0 Å². The highest BCUT2D eigenvalue weighted by Gasteiger charge is 2.25. The number of piperidine rings is 1. The normalized spacial score (nSPS) is 18.5. The summed E-state index contributed by atoms with van der Waals surface area (Å²) in [4.78, 5) is 21.6. The zero-order valence-corrected chi connectivity index (χ0v) is 13.5. The first kappa shape index (κ1) is 14.9. The zero-order chi connectivity index (χ0) is 15.7. The van der Waals surface area contributed by atoms with E-state index in [0.717, 1.165) is 37.4 Å². The number of hydrogen-bond donors (Lipinski definition) is 0. The van der Waals surface area contributed by atoms with E-state index in [1.54, 1.807) is 18.3 Å². The summed E-state index contributed by atoms with van der Waals surface area (Å²) in [5.74, 6) is 1.24. The molecule has 1 unspecified atom stereocenters. The maximum Gasteiger partial charge on any atom is 0.290 e. The minimum absolute atomic E-state index is 0.0767. The molecule has 1 saturated heterocycles. The van der Waals surface area contributed by atoms with Gasteiger partial charge in [-0.2, -0.15) is 0 Å². The molecular weight excluding hydrogens is 300 g/mol. The van der Waals surface area contributed by atoms with Crippen LogP contribution < -0.4 is 4.90 Å². The molecule has 1 atom stereocenters. The molecule has 3 rings (SSSR count). The van der Waals surface area contributed by atoms with E-state index in [0.29, 0.717) is 11.5 Å². The molecule has 0 saturated carbocycles. The number of hydrogen-bond acceptors (Lipinski definition) is 6. The van der Waals surface area contributed by atoms with Crippen LogP contribution in [0.4, 0.5) is 11.5 Å². The molecule has 1 aliphatic rings. The topological polar surface area (TPSA) is 72.2 Å². The molecule has 2 aromatic rings. The Hall–Kier alpha value is -2.02. The smallest absolute Gasteiger partial charge is 0.290 e. The fraction of sp³-hybridized carbons (Fsp3) is 0.467. The van der Waals surface area contributed by atoms with Crippen molar-refractivity contribution in [2.24, 2.45) is 0 Å². The molecule has 0 aliphatic carbocycles. The van der Waals surface area contributed by atoms with Gasteiger partial charge in [0.1, 0.15) is 12.0 Å². The lowest BCUT2D eigenvalue weighted by atomic mass is 9.98. The van der Waals surface area contributed by atoms with E-state index in [1.165, 1.54) is 11.2 Å². The number of nitrogens with zero attached hydrogens (tertiary/aromatic N) is 4. The van der Waals surface area contributed by atoms with Crippen molar-refractivity contribution < 1.29 is 4.92 Å². The van der Waals surface area contributed by atoms with Crippen molar-refractivity contribution in [2.45, 2.75) is 32.6 Å². The van der Waals surface area contributed by atoms with E-state index >= 15 is 0 Å². The van der Waals surface area contributed by atoms with Crippen LogP contribution in [-0.4, -0.2) is 28.0 Å². The molecule has 1 aliphatic heterocycles. The first-order valence-corrected chi connectivity index (χ1v) is 8.20. The standard InChI is InChI=1S/C15H18N4O2S/c1-10-6-14(16-7-13(10)19(20)21)18-5-3-4-12(8-18)15-17-11(2)9-22-15/h6-7,9,12H,3-5,8H2,1-2H3. The number of aromatic nitrogens is 2. The fourth-order valence-electron chi connectivity index (χ4n) is 2.84. The van der Waals surface area contributed by atoms with E-state index in [4.69, 9.17) is 0 Å². The number of rotatable bonds is 3. The van der Waals surface area contributed by atoms with E-state index < -0.39 is 0 Å². The predicted octanol–water partition coefficient (Wildman–Crippen LogP) is 3.45. The van der Waals surface area contributed by atoms with Gasteiger partial charge in [-0.1, -0.05) is 0 Å². The van der Waals surface area contributed by atoms with Crippen LogP contribution in [0.2, 0.25) is 0 Å². The van der Waals surface area contributed by atoms with Crippen molar-refractivity contribution in [3.8, 4) is 0 Å². The molecule has 0 spiro atoms. The van der Waals surface area contributed by atoms with Crippen LogP contribution in [0.5, 0.6) is 0 Å². The van der Waals surface area contributed by atoms with Crippen molar-refractivity contribution in [1.82, 2.24) is 9.97 Å². The summed E-state index contributed by atoms with van der Waals surface area (Å²) < 4.78 is 0. The Morgan fingerprint density at radius 2 is 2.27 bits per heavy atom. The molecule has 0 radical (unpaired) electrons. The van der Waals surface area contributed by atoms with E-state index in [9.17, 15) is 10.1 Å². The number of thiazole rings is 1. The molecule has 1 fully saturated rings. The second-order valence-electron chi connectivity index (χ2n) is 5.70. The summed E-state index contributed by atoms with van der Waals surface area (Å²) in [7, 11) is 0. The zero-order valence-electron chi connectivity index (χ0n) is 12.7. The highest BCUT2D eigenvalue weighted by molar-refractivity contribution is 7.09. The van der Waals surface area contributed by atoms with Crippen LogP contribution >= 0.6 is 11.3 Å². The first-order chi connectivity index (χ1) is 10.5. The van der Waals surface area contributed by atoms with Crippen LogP contribution in [0.1, 0.15) is 35.0 Å². The fourth-order valence-corrected chi connectivity index (χ4v) is 3.77. The number of aryl methyl sites for hydroxylation is 2. The van der Waals surface area contributed by atoms with Crippen LogP contribution in [0.15, 0.2) is 17.6 Å². The highest BCUT2D eigenvalue weighted by atomic mass is 32.1. The Morgan fingerprint density at radius 3 is 2.91 bits per heavy atom. The molecule has 0 bridgehead atoms. The van der Waals surface area contributed by atoms with Gasteiger partial charge in [-0.05, 0) is 32.8 Å². The van der Waals surface area contributed by atoms with Gasteiger partial charge in [-0.3, -0.25) is 10.1 Å². The number of pyridine rings is 1. The molecule has 2 aromatic heterocycles. The Morgan fingerprint density at radius 1 is 1.45 bits per heavy atom. The van der Waals surface area contributed by atoms with Gasteiger partial charge in [-0.25, -0.2) is 9.97 Å². The van der Waals surface area contributed by atoms with Crippen molar-refractivity contribution in [3.05, 3.63) is 44.0 Å². The number of anilines is 1. The third-order valence-electron chi connectivity index (χ3n) is 4.00. The van der Waals surface area contributed by atoms with E-state index in [-0.39, 0.29) is 10.6 Å². The lowest BCUT2D eigenvalue weighted by Crippen LogP contribution is -2.35. The third-order valence-corrected chi connectivity index (χ3v) is 5.12. The van der Waals surface area contributed by atoms with E-state index in [1.807, 2.05) is 13.0 Å². The molecule has 0 amide bonds. The Labute approximate surface area is 133 Å². The Bertz CT molecular complexity index is 701. The minimum Gasteiger partial charge on any atom is -0.356 e. The molecule has 116 valence electrons. The molecule has 7 heteroatoms. The van der Waals surface area contributed by atoms with Gasteiger partial charge in [0.25, 0.3) is 5.69 Å². The third kappa shape index (κ3) is 2.94. The Balaban J connectivity index is 1.80. The van der Waals surface area contributed by atoms with Crippen molar-refractivity contribution in [1.29, 1.82) is 0 Å². The van der Waals surface area contributed by atoms with Crippen LogP contribution in [0, 0.1) is 24.0 Å². The monoisotopic (exact) mass is 318 g/mol. The quantitative estimate of drug-likeness (QED) is 0.640. The maximum atomic E-state index is 10.9. The highest BCUT2D eigenvalue weighted by Crippen LogP contribution is 2.32. The summed E-state index contributed by atoms with van der Waals surface area (Å²) in [6, 6.07) is 1.81. The Kier molecular flexibility index (Phi) is 4.06. The summed E-state index contributed by atoms with van der Waals surface area (Å²) in [5.41, 5.74) is 1.80. The molecule has 22 heavy (non-hydrogen) atoms. The SMILES string of the molecule is Cc1csc(C2CCCN(c3cc(C)c([N+](=O)[O-])cn3)C2)n1. The predicted molar refractivity (Wildman–Crippen MR) is 86.7 cm³/mol. The van der Waals surface area contributed by atoms with Crippen LogP contribution in [-0.2, 0) is 0 Å². The van der Waals surface area contributed by atoms with Gasteiger partial charge in [0.05, 0.1) is 9.93 Å². The van der Waals surface area contributed by atoms with Gasteiger partial charge in [-0.15, -0.1) is 11.3 Å². The molecule has 6 nitrogen and oxygen atoms in total. The minimum atomic E-state index is -0.385. The molecule has 0 aromatic carbocycles. The summed E-state index contributed by atoms with van der Waals surface area (Å²) >= 11 is 1.72. The first-order valence-electron chi connectivity index (χ1n) is 7.32. The molecular formula is C15H18N4O2S. The van der Waals surface area contributed by atoms with Crippen LogP contribution in [0.3, 0.4) is 0 Å². The van der Waals surface area contributed by atoms with Gasteiger partial charge in [0.2, 0.25) is 0 Å². The van der Waals surface area contributed by atoms with Crippen LogP contribution in [0.25, 0.3) is 0 Å².